The molecule has 3 atom stereocenters. The highest BCUT2D eigenvalue weighted by atomic mass is 35.5. The molecular weight excluding hydrogens is 325 g/mol. The van der Waals surface area contributed by atoms with E-state index >= 15 is 0 Å². The van der Waals surface area contributed by atoms with E-state index in [4.69, 9.17) is 11.6 Å². The maximum Gasteiger partial charge on any atom is 0.401 e. The first-order valence-corrected chi connectivity index (χ1v) is 8.12. The van der Waals surface area contributed by atoms with Gasteiger partial charge in [0.25, 0.3) is 0 Å². The maximum atomic E-state index is 12.4. The van der Waals surface area contributed by atoms with Gasteiger partial charge in [-0.25, -0.2) is 0 Å². The second-order valence-electron chi connectivity index (χ2n) is 5.99. The molecule has 0 saturated carbocycles. The van der Waals surface area contributed by atoms with Crippen molar-refractivity contribution in [2.24, 2.45) is 0 Å². The lowest BCUT2D eigenvalue weighted by molar-refractivity contribution is -0.126. The first-order chi connectivity index (χ1) is 10.8. The third kappa shape index (κ3) is 4.96. The SMILES string of the molecule is C=CCN1[C@@H](C(C)NCC(F)(F)F)CC[C@H]1c1cccc(Cl)c1. The Labute approximate surface area is 140 Å². The molecule has 0 radical (unpaired) electrons. The summed E-state index contributed by atoms with van der Waals surface area (Å²) >= 11 is 6.07. The molecule has 2 nitrogen and oxygen atoms in total. The van der Waals surface area contributed by atoms with Crippen molar-refractivity contribution in [2.75, 3.05) is 13.1 Å². The van der Waals surface area contributed by atoms with Gasteiger partial charge < -0.3 is 5.32 Å². The van der Waals surface area contributed by atoms with E-state index in [1.54, 1.807) is 6.08 Å². The van der Waals surface area contributed by atoms with E-state index in [0.717, 1.165) is 18.4 Å². The van der Waals surface area contributed by atoms with E-state index in [1.807, 2.05) is 31.2 Å². The van der Waals surface area contributed by atoms with Gasteiger partial charge in [-0.15, -0.1) is 6.58 Å². The molecule has 1 aromatic rings. The van der Waals surface area contributed by atoms with E-state index in [-0.39, 0.29) is 18.1 Å². The summed E-state index contributed by atoms with van der Waals surface area (Å²) in [5.41, 5.74) is 1.10. The van der Waals surface area contributed by atoms with Crippen molar-refractivity contribution in [1.29, 1.82) is 0 Å². The summed E-state index contributed by atoms with van der Waals surface area (Å²) in [6.45, 7) is 5.27. The van der Waals surface area contributed by atoms with Crippen molar-refractivity contribution in [3.8, 4) is 0 Å². The molecule has 6 heteroatoms. The monoisotopic (exact) mass is 346 g/mol. The summed E-state index contributed by atoms with van der Waals surface area (Å²) in [4.78, 5) is 2.21. The molecule has 1 aromatic carbocycles. The van der Waals surface area contributed by atoms with Crippen LogP contribution in [0.3, 0.4) is 0 Å². The molecule has 0 aromatic heterocycles. The summed E-state index contributed by atoms with van der Waals surface area (Å²) in [5, 5.41) is 3.28. The summed E-state index contributed by atoms with van der Waals surface area (Å²) in [7, 11) is 0. The van der Waals surface area contributed by atoms with Gasteiger partial charge in [0.1, 0.15) is 0 Å². The van der Waals surface area contributed by atoms with Gasteiger partial charge in [-0.3, -0.25) is 4.90 Å². The zero-order chi connectivity index (χ0) is 17.0. The Morgan fingerprint density at radius 3 is 2.78 bits per heavy atom. The van der Waals surface area contributed by atoms with Crippen LogP contribution in [-0.2, 0) is 0 Å². The lowest BCUT2D eigenvalue weighted by Gasteiger charge is -2.33. The molecule has 1 heterocycles. The zero-order valence-electron chi connectivity index (χ0n) is 13.1. The van der Waals surface area contributed by atoms with Crippen LogP contribution in [0.1, 0.15) is 31.4 Å². The fourth-order valence-corrected chi connectivity index (χ4v) is 3.52. The highest BCUT2D eigenvalue weighted by Crippen LogP contribution is 2.38. The molecule has 1 N–H and O–H groups in total. The van der Waals surface area contributed by atoms with E-state index in [0.29, 0.717) is 11.6 Å². The molecule has 1 fully saturated rings. The van der Waals surface area contributed by atoms with Gasteiger partial charge in [0, 0.05) is 29.7 Å². The number of benzene rings is 1. The van der Waals surface area contributed by atoms with Crippen molar-refractivity contribution in [1.82, 2.24) is 10.2 Å². The number of alkyl halides is 3. The normalized spacial score (nSPS) is 23.9. The second kappa shape index (κ2) is 7.69. The Bertz CT molecular complexity index is 533. The van der Waals surface area contributed by atoms with Crippen molar-refractivity contribution in [2.45, 2.75) is 44.1 Å². The number of nitrogens with one attached hydrogen (secondary N) is 1. The van der Waals surface area contributed by atoms with Crippen LogP contribution >= 0.6 is 11.6 Å². The van der Waals surface area contributed by atoms with Crippen LogP contribution in [0.4, 0.5) is 13.2 Å². The van der Waals surface area contributed by atoms with Gasteiger partial charge in [0.05, 0.1) is 6.54 Å². The van der Waals surface area contributed by atoms with Gasteiger partial charge in [-0.1, -0.05) is 29.8 Å². The second-order valence-corrected chi connectivity index (χ2v) is 6.42. The Hall–Kier alpha value is -1.04. The van der Waals surface area contributed by atoms with Crippen molar-refractivity contribution < 1.29 is 13.2 Å². The number of hydrogen-bond donors (Lipinski definition) is 1. The van der Waals surface area contributed by atoms with Crippen LogP contribution in [0.25, 0.3) is 0 Å². The molecule has 0 amide bonds. The molecule has 1 aliphatic heterocycles. The van der Waals surface area contributed by atoms with Gasteiger partial charge >= 0.3 is 6.18 Å². The van der Waals surface area contributed by atoms with E-state index in [9.17, 15) is 13.2 Å². The van der Waals surface area contributed by atoms with Crippen LogP contribution in [0, 0.1) is 0 Å². The fourth-order valence-electron chi connectivity index (χ4n) is 3.33. The van der Waals surface area contributed by atoms with E-state index in [2.05, 4.69) is 16.8 Å². The molecule has 0 spiro atoms. The quantitative estimate of drug-likeness (QED) is 0.759. The number of hydrogen-bond acceptors (Lipinski definition) is 2. The van der Waals surface area contributed by atoms with E-state index in [1.165, 1.54) is 0 Å². The van der Waals surface area contributed by atoms with Gasteiger partial charge in [-0.05, 0) is 37.5 Å². The van der Waals surface area contributed by atoms with Crippen LogP contribution in [0.2, 0.25) is 5.02 Å². The zero-order valence-corrected chi connectivity index (χ0v) is 13.9. The predicted octanol–water partition coefficient (Wildman–Crippen LogP) is 4.57. The Morgan fingerprint density at radius 1 is 1.43 bits per heavy atom. The highest BCUT2D eigenvalue weighted by molar-refractivity contribution is 6.30. The summed E-state index contributed by atoms with van der Waals surface area (Å²) in [6, 6.07) is 7.62. The fraction of sp³-hybridized carbons (Fsp3) is 0.529. The van der Waals surface area contributed by atoms with Crippen LogP contribution < -0.4 is 5.32 Å². The Kier molecular flexibility index (Phi) is 6.12. The van der Waals surface area contributed by atoms with Crippen molar-refractivity contribution in [3.05, 3.63) is 47.5 Å². The van der Waals surface area contributed by atoms with Crippen LogP contribution in [0.15, 0.2) is 36.9 Å². The summed E-state index contributed by atoms with van der Waals surface area (Å²) in [5.74, 6) is 0. The lowest BCUT2D eigenvalue weighted by Crippen LogP contribution is -2.48. The van der Waals surface area contributed by atoms with Crippen molar-refractivity contribution >= 4 is 11.6 Å². The average Bonchev–Trinajstić information content (AvgIpc) is 2.88. The minimum absolute atomic E-state index is 0.0410. The standard InChI is InChI=1S/C17H22ClF3N2/c1-3-9-23-15(12(2)22-11-17(19,20)21)7-8-16(23)13-5-4-6-14(18)10-13/h3-6,10,12,15-16,22H,1,7-9,11H2,2H3/t12?,15-,16+/m1/s1. The molecule has 1 aliphatic rings. The average molecular weight is 347 g/mol. The number of likely N-dealkylation sites (tertiary alicyclic amines) is 1. The molecule has 2 rings (SSSR count). The molecular formula is C17H22ClF3N2. The lowest BCUT2D eigenvalue weighted by atomic mass is 10.0. The first kappa shape index (κ1) is 18.3. The molecule has 23 heavy (non-hydrogen) atoms. The van der Waals surface area contributed by atoms with Crippen LogP contribution in [0.5, 0.6) is 0 Å². The minimum Gasteiger partial charge on any atom is -0.305 e. The molecule has 0 bridgehead atoms. The third-order valence-electron chi connectivity index (χ3n) is 4.34. The molecule has 0 aliphatic carbocycles. The molecule has 1 unspecified atom stereocenters. The third-order valence-corrected chi connectivity index (χ3v) is 4.57. The summed E-state index contributed by atoms with van der Waals surface area (Å²) in [6.07, 6.45) is -0.650. The van der Waals surface area contributed by atoms with Crippen molar-refractivity contribution in [3.63, 3.8) is 0 Å². The number of nitrogens with zero attached hydrogens (tertiary/aromatic N) is 1. The number of halogens is 4. The molecule has 128 valence electrons. The smallest absolute Gasteiger partial charge is 0.305 e. The first-order valence-electron chi connectivity index (χ1n) is 7.74. The van der Waals surface area contributed by atoms with Crippen LogP contribution in [-0.4, -0.2) is 36.2 Å². The number of rotatable bonds is 6. The van der Waals surface area contributed by atoms with Gasteiger partial charge in [0.2, 0.25) is 0 Å². The Morgan fingerprint density at radius 2 is 2.17 bits per heavy atom. The predicted molar refractivity (Wildman–Crippen MR) is 87.6 cm³/mol. The Balaban J connectivity index is 2.11. The van der Waals surface area contributed by atoms with E-state index < -0.39 is 12.7 Å². The molecule has 1 saturated heterocycles. The van der Waals surface area contributed by atoms with Gasteiger partial charge in [0.15, 0.2) is 0 Å². The topological polar surface area (TPSA) is 15.3 Å². The maximum absolute atomic E-state index is 12.4. The highest BCUT2D eigenvalue weighted by Gasteiger charge is 2.37. The largest absolute Gasteiger partial charge is 0.401 e. The minimum atomic E-state index is -4.19. The summed E-state index contributed by atoms with van der Waals surface area (Å²) < 4.78 is 37.3. The van der Waals surface area contributed by atoms with Gasteiger partial charge in [-0.2, -0.15) is 13.2 Å².